The number of Topliss-reactive ketones (excluding diaryl/α,β-unsaturated/α-hetero) is 2. The van der Waals surface area contributed by atoms with Gasteiger partial charge in [0.1, 0.15) is 5.82 Å². The van der Waals surface area contributed by atoms with Gasteiger partial charge in [-0.1, -0.05) is 74.5 Å². The summed E-state index contributed by atoms with van der Waals surface area (Å²) in [5.41, 5.74) is 8.21. The Bertz CT molecular complexity index is 2250. The third-order valence-electron chi connectivity index (χ3n) is 9.56. The first-order valence-electron chi connectivity index (χ1n) is 15.2. The maximum Gasteiger partial charge on any atom is 0.197 e. The van der Waals surface area contributed by atoms with E-state index >= 15 is 0 Å². The molecule has 0 spiro atoms. The van der Waals surface area contributed by atoms with Gasteiger partial charge in [-0.15, -0.1) is 0 Å². The molecular weight excluding hydrogens is 557 g/mol. The van der Waals surface area contributed by atoms with Crippen molar-refractivity contribution >= 4 is 56.2 Å². The van der Waals surface area contributed by atoms with Crippen molar-refractivity contribution in [3.63, 3.8) is 0 Å². The van der Waals surface area contributed by atoms with Crippen molar-refractivity contribution in [2.45, 2.75) is 33.1 Å². The lowest BCUT2D eigenvalue weighted by atomic mass is 9.71. The maximum absolute atomic E-state index is 14.7. The van der Waals surface area contributed by atoms with E-state index in [1.54, 1.807) is 6.08 Å². The molecule has 1 aliphatic carbocycles. The highest BCUT2D eigenvalue weighted by Crippen LogP contribution is 2.54. The van der Waals surface area contributed by atoms with Gasteiger partial charge >= 0.3 is 0 Å². The average Bonchev–Trinajstić information content (AvgIpc) is 3.26. The molecule has 0 N–H and O–H groups in total. The smallest absolute Gasteiger partial charge is 0.197 e. The number of benzene rings is 6. The topological polar surface area (TPSA) is 37.4 Å². The van der Waals surface area contributed by atoms with Crippen LogP contribution in [0.5, 0.6) is 0 Å². The van der Waals surface area contributed by atoms with Gasteiger partial charge in [-0.2, -0.15) is 0 Å². The quantitative estimate of drug-likeness (QED) is 0.149. The maximum atomic E-state index is 14.7. The minimum Gasteiger partial charge on any atom is -0.310 e. The molecule has 1 heterocycles. The second-order valence-corrected chi connectivity index (χ2v) is 12.8. The van der Waals surface area contributed by atoms with Crippen molar-refractivity contribution in [1.82, 2.24) is 0 Å². The van der Waals surface area contributed by atoms with Crippen molar-refractivity contribution in [3.05, 3.63) is 153 Å². The van der Waals surface area contributed by atoms with E-state index in [4.69, 9.17) is 0 Å². The molecule has 0 amide bonds. The Morgan fingerprint density at radius 1 is 0.667 bits per heavy atom. The molecule has 6 aromatic carbocycles. The third kappa shape index (κ3) is 3.95. The molecule has 8 rings (SSSR count). The van der Waals surface area contributed by atoms with Crippen molar-refractivity contribution < 1.29 is 14.0 Å². The summed E-state index contributed by atoms with van der Waals surface area (Å²) in [6.45, 7) is 8.11. The van der Waals surface area contributed by atoms with Crippen LogP contribution in [0.1, 0.15) is 62.4 Å². The number of hydrogen-bond donors (Lipinski definition) is 0. The molecule has 2 aliphatic rings. The number of fused-ring (bicyclic) bond motifs is 6. The first-order valence-corrected chi connectivity index (χ1v) is 15.2. The molecule has 45 heavy (non-hydrogen) atoms. The standard InChI is InChI=1S/C41H30FNO2/c1-23-17-29(18-24(2)38(23)42)43-35-12-8-7-11-34(35)41(3,4)37-30-15-13-25(19-28(30)14-16-36(37)43)20-33-39(44)31-21-26-9-5-6-10-27(26)22-32(31)40(33)45/h5-22H,1-4H3. The third-order valence-corrected chi connectivity index (χ3v) is 9.56. The van der Waals surface area contributed by atoms with Gasteiger partial charge in [0, 0.05) is 22.2 Å². The van der Waals surface area contributed by atoms with E-state index in [0.29, 0.717) is 22.3 Å². The Hall–Kier alpha value is -5.35. The monoisotopic (exact) mass is 587 g/mol. The van der Waals surface area contributed by atoms with Crippen LogP contribution in [-0.2, 0) is 5.41 Å². The molecule has 4 heteroatoms. The van der Waals surface area contributed by atoms with Crippen molar-refractivity contribution in [2.75, 3.05) is 4.90 Å². The Morgan fingerprint density at radius 3 is 1.96 bits per heavy atom. The Labute approximate surface area is 261 Å². The molecule has 3 nitrogen and oxygen atoms in total. The summed E-state index contributed by atoms with van der Waals surface area (Å²) in [7, 11) is 0. The number of ketones is 2. The molecule has 6 aromatic rings. The van der Waals surface area contributed by atoms with Crippen LogP contribution >= 0.6 is 0 Å². The number of aryl methyl sites for hydroxylation is 2. The van der Waals surface area contributed by atoms with Gasteiger partial charge in [-0.05, 0) is 112 Å². The molecule has 0 radical (unpaired) electrons. The minimum absolute atomic E-state index is 0.180. The van der Waals surface area contributed by atoms with Crippen LogP contribution in [0.2, 0.25) is 0 Å². The molecule has 0 bridgehead atoms. The Morgan fingerprint density at radius 2 is 1.29 bits per heavy atom. The van der Waals surface area contributed by atoms with Crippen LogP contribution in [0.15, 0.2) is 109 Å². The van der Waals surface area contributed by atoms with Gasteiger partial charge in [-0.3, -0.25) is 9.59 Å². The summed E-state index contributed by atoms with van der Waals surface area (Å²) >= 11 is 0. The number of hydrogen-bond acceptors (Lipinski definition) is 3. The van der Waals surface area contributed by atoms with E-state index in [-0.39, 0.29) is 28.4 Å². The number of carbonyl (C=O) groups excluding carboxylic acids is 2. The highest BCUT2D eigenvalue weighted by atomic mass is 19.1. The molecule has 0 saturated heterocycles. The number of para-hydroxylation sites is 1. The van der Waals surface area contributed by atoms with Gasteiger partial charge in [0.2, 0.25) is 0 Å². The summed E-state index contributed by atoms with van der Waals surface area (Å²) in [6.07, 6.45) is 1.73. The van der Waals surface area contributed by atoms with Gasteiger partial charge in [-0.25, -0.2) is 4.39 Å². The summed E-state index contributed by atoms with van der Waals surface area (Å²) in [4.78, 5) is 29.1. The molecule has 218 valence electrons. The molecular formula is C41H30FNO2. The Balaban J connectivity index is 1.27. The summed E-state index contributed by atoms with van der Waals surface area (Å²) in [5.74, 6) is -0.644. The molecule has 0 saturated carbocycles. The molecule has 0 atom stereocenters. The van der Waals surface area contributed by atoms with Crippen molar-refractivity contribution in [1.29, 1.82) is 0 Å². The highest BCUT2D eigenvalue weighted by Gasteiger charge is 2.38. The van der Waals surface area contributed by atoms with E-state index < -0.39 is 0 Å². The van der Waals surface area contributed by atoms with Crippen LogP contribution in [0.3, 0.4) is 0 Å². The average molecular weight is 588 g/mol. The van der Waals surface area contributed by atoms with Crippen molar-refractivity contribution in [3.8, 4) is 0 Å². The fraction of sp³-hybridized carbons (Fsp3) is 0.122. The fourth-order valence-corrected chi connectivity index (χ4v) is 7.37. The summed E-state index contributed by atoms with van der Waals surface area (Å²) in [6, 6.07) is 34.0. The first-order chi connectivity index (χ1) is 21.6. The fourth-order valence-electron chi connectivity index (χ4n) is 7.37. The predicted octanol–water partition coefficient (Wildman–Crippen LogP) is 10.3. The zero-order valence-electron chi connectivity index (χ0n) is 25.5. The number of nitrogens with zero attached hydrogens (tertiary/aromatic N) is 1. The van der Waals surface area contributed by atoms with Gasteiger partial charge in [0.25, 0.3) is 0 Å². The van der Waals surface area contributed by atoms with Crippen LogP contribution in [-0.4, -0.2) is 11.6 Å². The molecule has 0 unspecified atom stereocenters. The normalized spacial score (nSPS) is 15.0. The van der Waals surface area contributed by atoms with E-state index in [1.807, 2.05) is 74.5 Å². The van der Waals surface area contributed by atoms with E-state index in [0.717, 1.165) is 44.2 Å². The van der Waals surface area contributed by atoms with Gasteiger partial charge in [0.05, 0.1) is 16.9 Å². The number of allylic oxidation sites excluding steroid dienone is 1. The zero-order chi connectivity index (χ0) is 31.2. The molecule has 0 fully saturated rings. The Kier molecular flexibility index (Phi) is 5.79. The lowest BCUT2D eigenvalue weighted by Crippen LogP contribution is -2.31. The van der Waals surface area contributed by atoms with Gasteiger partial charge < -0.3 is 4.90 Å². The van der Waals surface area contributed by atoms with Crippen LogP contribution < -0.4 is 4.90 Å². The number of rotatable bonds is 2. The SMILES string of the molecule is Cc1cc(N2c3ccccc3C(C)(C)c3c2ccc2cc(C=C4C(=O)c5cc6ccccc6cc5C4=O)ccc32)cc(C)c1F. The summed E-state index contributed by atoms with van der Waals surface area (Å²) in [5, 5.41) is 3.99. The minimum atomic E-state index is -0.326. The van der Waals surface area contributed by atoms with E-state index in [1.165, 1.54) is 11.1 Å². The highest BCUT2D eigenvalue weighted by molar-refractivity contribution is 6.42. The second-order valence-electron chi connectivity index (χ2n) is 12.8. The number of carbonyl (C=O) groups is 2. The summed E-state index contributed by atoms with van der Waals surface area (Å²) < 4.78 is 14.7. The van der Waals surface area contributed by atoms with Crippen LogP contribution in [0.4, 0.5) is 21.5 Å². The first kappa shape index (κ1) is 27.2. The number of halogens is 1. The predicted molar refractivity (Wildman–Crippen MR) is 181 cm³/mol. The largest absolute Gasteiger partial charge is 0.310 e. The molecule has 1 aliphatic heterocycles. The molecule has 0 aromatic heterocycles. The lowest BCUT2D eigenvalue weighted by Gasteiger charge is -2.43. The van der Waals surface area contributed by atoms with Gasteiger partial charge in [0.15, 0.2) is 11.6 Å². The van der Waals surface area contributed by atoms with Crippen LogP contribution in [0.25, 0.3) is 27.6 Å². The number of anilines is 3. The van der Waals surface area contributed by atoms with Crippen molar-refractivity contribution in [2.24, 2.45) is 0 Å². The zero-order valence-corrected chi connectivity index (χ0v) is 25.5. The van der Waals surface area contributed by atoms with E-state index in [2.05, 4.69) is 61.2 Å². The van der Waals surface area contributed by atoms with E-state index in [9.17, 15) is 14.0 Å². The van der Waals surface area contributed by atoms with Crippen LogP contribution in [0, 0.1) is 19.7 Å². The second kappa shape index (κ2) is 9.57. The lowest BCUT2D eigenvalue weighted by molar-refractivity contribution is 0.0990.